The number of pyridine rings is 1. The number of anilines is 2. The van der Waals surface area contributed by atoms with Gasteiger partial charge in [-0.25, -0.2) is 13.4 Å². The lowest BCUT2D eigenvalue weighted by Gasteiger charge is -2.08. The fourth-order valence-electron chi connectivity index (χ4n) is 1.60. The molecule has 2 heterocycles. The summed E-state index contributed by atoms with van der Waals surface area (Å²) in [6, 6.07) is 6.45. The Hall–Kier alpha value is -1.31. The second kappa shape index (κ2) is 7.11. The van der Waals surface area contributed by atoms with Crippen molar-refractivity contribution >= 4 is 44.5 Å². The highest BCUT2D eigenvalue weighted by Crippen LogP contribution is 2.27. The molecule has 0 atom stereocenters. The highest BCUT2D eigenvalue weighted by atomic mass is 35.5. The Balaban J connectivity index is 2.03. The van der Waals surface area contributed by atoms with Crippen LogP contribution >= 0.6 is 22.9 Å². The molecule has 8 heteroatoms. The Kier molecular flexibility index (Phi) is 5.44. The zero-order valence-electron chi connectivity index (χ0n) is 11.5. The Morgan fingerprint density at radius 2 is 2.10 bits per heavy atom. The molecule has 0 aliphatic rings. The zero-order valence-corrected chi connectivity index (χ0v) is 13.9. The van der Waals surface area contributed by atoms with E-state index in [9.17, 15) is 8.42 Å². The number of thiophene rings is 1. The molecule has 0 unspecified atom stereocenters. The molecule has 0 aromatic carbocycles. The van der Waals surface area contributed by atoms with Gasteiger partial charge in [-0.15, -0.1) is 11.3 Å². The summed E-state index contributed by atoms with van der Waals surface area (Å²) in [4.78, 5) is 4.17. The van der Waals surface area contributed by atoms with Crippen LogP contribution in [0.3, 0.4) is 0 Å². The third-order valence-electron chi connectivity index (χ3n) is 2.67. The van der Waals surface area contributed by atoms with E-state index < -0.39 is 10.0 Å². The van der Waals surface area contributed by atoms with Crippen LogP contribution in [0.15, 0.2) is 34.7 Å². The highest BCUT2D eigenvalue weighted by molar-refractivity contribution is 7.94. The molecule has 2 aromatic rings. The van der Waals surface area contributed by atoms with Crippen molar-refractivity contribution in [1.82, 2.24) is 4.98 Å². The van der Waals surface area contributed by atoms with Crippen LogP contribution in [-0.4, -0.2) is 19.9 Å². The summed E-state index contributed by atoms with van der Waals surface area (Å²) in [5, 5.41) is 3.17. The van der Waals surface area contributed by atoms with Crippen molar-refractivity contribution in [3.8, 4) is 0 Å². The number of sulfonamides is 1. The first-order chi connectivity index (χ1) is 10.0. The standard InChI is InChI=1S/C13H16ClN3O2S2/c1-2-3-8-15-12-6-4-10(9-16-12)17-21(18,19)13-7-5-11(14)20-13/h4-7,9,17H,2-3,8H2,1H3,(H,15,16). The van der Waals surface area contributed by atoms with Crippen LogP contribution in [0, 0.1) is 0 Å². The molecule has 0 fully saturated rings. The number of aromatic nitrogens is 1. The average molecular weight is 346 g/mol. The smallest absolute Gasteiger partial charge is 0.271 e. The molecule has 0 radical (unpaired) electrons. The summed E-state index contributed by atoms with van der Waals surface area (Å²) in [5.74, 6) is 0.727. The minimum atomic E-state index is -3.60. The van der Waals surface area contributed by atoms with Gasteiger partial charge >= 0.3 is 0 Å². The second-order valence-corrected chi connectivity index (χ2v) is 8.00. The number of rotatable bonds is 7. The molecular weight excluding hydrogens is 330 g/mol. The van der Waals surface area contributed by atoms with Gasteiger partial charge in [0.05, 0.1) is 16.2 Å². The van der Waals surface area contributed by atoms with Crippen LogP contribution in [0.1, 0.15) is 19.8 Å². The Labute approximate surface area is 133 Å². The van der Waals surface area contributed by atoms with Gasteiger partial charge in [-0.1, -0.05) is 24.9 Å². The lowest BCUT2D eigenvalue weighted by molar-refractivity contribution is 0.603. The second-order valence-electron chi connectivity index (χ2n) is 4.38. The molecule has 0 amide bonds. The molecule has 2 rings (SSSR count). The van der Waals surface area contributed by atoms with Crippen molar-refractivity contribution in [3.05, 3.63) is 34.8 Å². The number of unbranched alkanes of at least 4 members (excludes halogenated alkanes) is 1. The van der Waals surface area contributed by atoms with Crippen LogP contribution in [0.25, 0.3) is 0 Å². The average Bonchev–Trinajstić information content (AvgIpc) is 2.88. The van der Waals surface area contributed by atoms with E-state index in [0.29, 0.717) is 10.0 Å². The SMILES string of the molecule is CCCCNc1ccc(NS(=O)(=O)c2ccc(Cl)s2)cn1. The van der Waals surface area contributed by atoms with Crippen molar-refractivity contribution in [2.24, 2.45) is 0 Å². The molecule has 114 valence electrons. The molecule has 0 bridgehead atoms. The van der Waals surface area contributed by atoms with Gasteiger partial charge in [0, 0.05) is 6.54 Å². The van der Waals surface area contributed by atoms with Crippen LogP contribution in [-0.2, 0) is 10.0 Å². The van der Waals surface area contributed by atoms with E-state index in [1.165, 1.54) is 12.3 Å². The summed E-state index contributed by atoms with van der Waals surface area (Å²) < 4.78 is 27.3. The van der Waals surface area contributed by atoms with Gasteiger partial charge in [0.2, 0.25) is 0 Å². The Bertz CT molecular complexity index is 684. The predicted octanol–water partition coefficient (Wildman–Crippen LogP) is 3.81. The van der Waals surface area contributed by atoms with Crippen LogP contribution < -0.4 is 10.0 Å². The third kappa shape index (κ3) is 4.59. The van der Waals surface area contributed by atoms with E-state index in [1.807, 2.05) is 0 Å². The van der Waals surface area contributed by atoms with Crippen molar-refractivity contribution in [2.45, 2.75) is 24.0 Å². The monoisotopic (exact) mass is 345 g/mol. The minimum Gasteiger partial charge on any atom is -0.370 e. The normalized spacial score (nSPS) is 11.3. The number of halogens is 1. The molecule has 0 spiro atoms. The largest absolute Gasteiger partial charge is 0.370 e. The quantitative estimate of drug-likeness (QED) is 0.748. The molecule has 0 aliphatic carbocycles. The molecule has 0 saturated heterocycles. The fraction of sp³-hybridized carbons (Fsp3) is 0.308. The lowest BCUT2D eigenvalue weighted by atomic mass is 10.3. The summed E-state index contributed by atoms with van der Waals surface area (Å²) >= 11 is 6.77. The van der Waals surface area contributed by atoms with Gasteiger partial charge in [-0.05, 0) is 30.7 Å². The van der Waals surface area contributed by atoms with Gasteiger partial charge in [-0.2, -0.15) is 0 Å². The number of nitrogens with zero attached hydrogens (tertiary/aromatic N) is 1. The minimum absolute atomic E-state index is 0.178. The van der Waals surface area contributed by atoms with Crippen LogP contribution in [0.2, 0.25) is 4.34 Å². The van der Waals surface area contributed by atoms with Gasteiger partial charge in [0.1, 0.15) is 10.0 Å². The van der Waals surface area contributed by atoms with Crippen LogP contribution in [0.5, 0.6) is 0 Å². The van der Waals surface area contributed by atoms with Crippen molar-refractivity contribution in [3.63, 3.8) is 0 Å². The van der Waals surface area contributed by atoms with Crippen molar-refractivity contribution in [2.75, 3.05) is 16.6 Å². The summed E-state index contributed by atoms with van der Waals surface area (Å²) in [7, 11) is -3.60. The zero-order chi connectivity index (χ0) is 15.3. The van der Waals surface area contributed by atoms with Gasteiger partial charge < -0.3 is 5.32 Å². The number of hydrogen-bond acceptors (Lipinski definition) is 5. The third-order valence-corrected chi connectivity index (χ3v) is 5.77. The maximum atomic E-state index is 12.1. The van der Waals surface area contributed by atoms with E-state index in [-0.39, 0.29) is 4.21 Å². The first kappa shape index (κ1) is 16.1. The number of hydrogen-bond donors (Lipinski definition) is 2. The molecule has 5 nitrogen and oxygen atoms in total. The lowest BCUT2D eigenvalue weighted by Crippen LogP contribution is -2.12. The molecule has 2 aromatic heterocycles. The van der Waals surface area contributed by atoms with Gasteiger partial charge in [-0.3, -0.25) is 4.72 Å². The summed E-state index contributed by atoms with van der Waals surface area (Å²) in [6.45, 7) is 2.96. The molecule has 21 heavy (non-hydrogen) atoms. The van der Waals surface area contributed by atoms with E-state index in [4.69, 9.17) is 11.6 Å². The Morgan fingerprint density at radius 3 is 2.67 bits per heavy atom. The molecule has 0 aliphatic heterocycles. The molecular formula is C13H16ClN3O2S2. The molecule has 0 saturated carbocycles. The predicted molar refractivity (Wildman–Crippen MR) is 87.8 cm³/mol. The van der Waals surface area contributed by atoms with Crippen LogP contribution in [0.4, 0.5) is 11.5 Å². The summed E-state index contributed by atoms with van der Waals surface area (Å²) in [6.07, 6.45) is 3.66. The maximum absolute atomic E-state index is 12.1. The van der Waals surface area contributed by atoms with E-state index in [0.717, 1.165) is 36.5 Å². The van der Waals surface area contributed by atoms with Gasteiger partial charge in [0.25, 0.3) is 10.0 Å². The highest BCUT2D eigenvalue weighted by Gasteiger charge is 2.16. The van der Waals surface area contributed by atoms with E-state index in [1.54, 1.807) is 18.2 Å². The fourth-order valence-corrected chi connectivity index (χ4v) is 4.13. The first-order valence-electron chi connectivity index (χ1n) is 6.49. The molecule has 2 N–H and O–H groups in total. The van der Waals surface area contributed by atoms with E-state index >= 15 is 0 Å². The van der Waals surface area contributed by atoms with Crippen molar-refractivity contribution < 1.29 is 8.42 Å². The number of nitrogens with one attached hydrogen (secondary N) is 2. The Morgan fingerprint density at radius 1 is 1.29 bits per heavy atom. The maximum Gasteiger partial charge on any atom is 0.271 e. The first-order valence-corrected chi connectivity index (χ1v) is 9.17. The van der Waals surface area contributed by atoms with Gasteiger partial charge in [0.15, 0.2) is 0 Å². The van der Waals surface area contributed by atoms with E-state index in [2.05, 4.69) is 21.9 Å². The summed E-state index contributed by atoms with van der Waals surface area (Å²) in [5.41, 5.74) is 0.417. The topological polar surface area (TPSA) is 71.1 Å². The van der Waals surface area contributed by atoms with Crippen molar-refractivity contribution in [1.29, 1.82) is 0 Å².